The molecule has 2 aromatic carbocycles. The number of primary sulfonamides is 1. The third-order valence-electron chi connectivity index (χ3n) is 4.13. The number of benzene rings is 2. The first-order valence-electron chi connectivity index (χ1n) is 7.96. The number of rotatable bonds is 6. The normalized spacial score (nSPS) is 12.4. The van der Waals surface area contributed by atoms with E-state index in [1.807, 2.05) is 37.1 Å². The van der Waals surface area contributed by atoms with Crippen LogP contribution in [0.15, 0.2) is 59.5 Å². The van der Waals surface area contributed by atoms with Gasteiger partial charge in [0, 0.05) is 13.6 Å². The predicted octanol–water partition coefficient (Wildman–Crippen LogP) is 2.44. The van der Waals surface area contributed by atoms with Gasteiger partial charge in [0.15, 0.2) is 5.11 Å². The quantitative estimate of drug-likeness (QED) is 0.757. The molecule has 7 heteroatoms. The molecular formula is C18H23N3O2S2. The lowest BCUT2D eigenvalue weighted by Gasteiger charge is -2.28. The highest BCUT2D eigenvalue weighted by Crippen LogP contribution is 2.20. The number of hydrogen-bond acceptors (Lipinski definition) is 3. The van der Waals surface area contributed by atoms with E-state index >= 15 is 0 Å². The molecule has 134 valence electrons. The van der Waals surface area contributed by atoms with Gasteiger partial charge in [-0.05, 0) is 48.8 Å². The van der Waals surface area contributed by atoms with Gasteiger partial charge in [-0.3, -0.25) is 0 Å². The second-order valence-corrected chi connectivity index (χ2v) is 7.82. The molecule has 0 aliphatic heterocycles. The molecule has 0 spiro atoms. The van der Waals surface area contributed by atoms with E-state index in [1.165, 1.54) is 17.7 Å². The zero-order valence-corrected chi connectivity index (χ0v) is 16.0. The van der Waals surface area contributed by atoms with E-state index in [9.17, 15) is 8.42 Å². The van der Waals surface area contributed by atoms with Crippen LogP contribution in [0.2, 0.25) is 0 Å². The molecule has 0 aliphatic carbocycles. The molecule has 2 rings (SSSR count). The van der Waals surface area contributed by atoms with Gasteiger partial charge in [0.25, 0.3) is 0 Å². The van der Waals surface area contributed by atoms with Crippen LogP contribution in [0.1, 0.15) is 24.1 Å². The van der Waals surface area contributed by atoms with Crippen LogP contribution < -0.4 is 10.5 Å². The number of thiocarbonyl (C=S) groups is 1. The summed E-state index contributed by atoms with van der Waals surface area (Å²) in [6, 6.07) is 16.8. The van der Waals surface area contributed by atoms with Crippen molar-refractivity contribution in [1.29, 1.82) is 0 Å². The molecule has 5 nitrogen and oxygen atoms in total. The zero-order valence-electron chi connectivity index (χ0n) is 14.3. The van der Waals surface area contributed by atoms with Gasteiger partial charge >= 0.3 is 0 Å². The Balaban J connectivity index is 1.92. The van der Waals surface area contributed by atoms with Gasteiger partial charge in [-0.25, -0.2) is 13.6 Å². The van der Waals surface area contributed by atoms with Gasteiger partial charge in [0.1, 0.15) is 0 Å². The fraction of sp³-hybridized carbons (Fsp3) is 0.278. The highest BCUT2D eigenvalue weighted by Gasteiger charge is 2.15. The zero-order chi connectivity index (χ0) is 18.4. The number of nitrogens with one attached hydrogen (secondary N) is 1. The summed E-state index contributed by atoms with van der Waals surface area (Å²) < 4.78 is 22.7. The lowest BCUT2D eigenvalue weighted by Crippen LogP contribution is -2.39. The van der Waals surface area contributed by atoms with Crippen LogP contribution in [0.4, 0.5) is 0 Å². The van der Waals surface area contributed by atoms with E-state index in [0.717, 1.165) is 18.5 Å². The van der Waals surface area contributed by atoms with Crippen LogP contribution in [-0.2, 0) is 16.4 Å². The van der Waals surface area contributed by atoms with E-state index in [4.69, 9.17) is 17.4 Å². The maximum atomic E-state index is 11.3. The van der Waals surface area contributed by atoms with Crippen molar-refractivity contribution in [2.24, 2.45) is 5.14 Å². The molecule has 0 saturated heterocycles. The average molecular weight is 378 g/mol. The molecule has 0 amide bonds. The van der Waals surface area contributed by atoms with Crippen molar-refractivity contribution in [3.8, 4) is 0 Å². The molecule has 0 fully saturated rings. The molecule has 0 aliphatic rings. The van der Waals surface area contributed by atoms with E-state index in [2.05, 4.69) is 17.4 Å². The second-order valence-electron chi connectivity index (χ2n) is 5.87. The van der Waals surface area contributed by atoms with Crippen molar-refractivity contribution < 1.29 is 8.42 Å². The molecule has 0 unspecified atom stereocenters. The maximum Gasteiger partial charge on any atom is 0.238 e. The van der Waals surface area contributed by atoms with Crippen molar-refractivity contribution in [3.63, 3.8) is 0 Å². The predicted molar refractivity (Wildman–Crippen MR) is 105 cm³/mol. The topological polar surface area (TPSA) is 75.4 Å². The third-order valence-corrected chi connectivity index (χ3v) is 5.49. The van der Waals surface area contributed by atoms with Crippen LogP contribution in [0.5, 0.6) is 0 Å². The first-order chi connectivity index (χ1) is 11.8. The van der Waals surface area contributed by atoms with Crippen molar-refractivity contribution in [3.05, 3.63) is 65.7 Å². The van der Waals surface area contributed by atoms with Gasteiger partial charge in [-0.2, -0.15) is 0 Å². The summed E-state index contributed by atoms with van der Waals surface area (Å²) in [6.07, 6.45) is 0.895. The molecule has 0 bridgehead atoms. The third kappa shape index (κ3) is 5.52. The lowest BCUT2D eigenvalue weighted by molar-refractivity contribution is 0.396. The van der Waals surface area contributed by atoms with E-state index in [0.29, 0.717) is 5.11 Å². The Morgan fingerprint density at radius 1 is 1.16 bits per heavy atom. The summed E-state index contributed by atoms with van der Waals surface area (Å²) in [6.45, 7) is 2.77. The number of sulfonamides is 1. The molecule has 0 radical (unpaired) electrons. The fourth-order valence-corrected chi connectivity index (χ4v) is 3.19. The van der Waals surface area contributed by atoms with E-state index in [-0.39, 0.29) is 10.9 Å². The Hall–Kier alpha value is -1.96. The highest BCUT2D eigenvalue weighted by molar-refractivity contribution is 7.89. The van der Waals surface area contributed by atoms with Crippen LogP contribution in [-0.4, -0.2) is 32.0 Å². The Labute approximate surface area is 154 Å². The fourth-order valence-electron chi connectivity index (χ4n) is 2.42. The smallest absolute Gasteiger partial charge is 0.238 e. The maximum absolute atomic E-state index is 11.3. The number of nitrogens with two attached hydrogens (primary N) is 1. The van der Waals surface area contributed by atoms with Crippen LogP contribution in [0, 0.1) is 0 Å². The standard InChI is InChI=1S/C18H23N3O2S2/c1-14(16-8-10-17(11-9-16)25(19,22)23)21(2)18(24)20-13-12-15-6-4-3-5-7-15/h3-11,14H,12-13H2,1-2H3,(H,20,24)(H2,19,22,23)/t14-/m0/s1. The molecule has 0 aromatic heterocycles. The molecule has 0 saturated carbocycles. The van der Waals surface area contributed by atoms with Crippen molar-refractivity contribution >= 4 is 27.4 Å². The van der Waals surface area contributed by atoms with E-state index < -0.39 is 10.0 Å². The summed E-state index contributed by atoms with van der Waals surface area (Å²) in [5.41, 5.74) is 2.22. The number of hydrogen-bond donors (Lipinski definition) is 2. The summed E-state index contributed by atoms with van der Waals surface area (Å²) in [7, 11) is -1.76. The Morgan fingerprint density at radius 3 is 2.32 bits per heavy atom. The first kappa shape index (κ1) is 19.4. The molecule has 1 atom stereocenters. The lowest BCUT2D eigenvalue weighted by atomic mass is 10.1. The Bertz CT molecular complexity index is 806. The first-order valence-corrected chi connectivity index (χ1v) is 9.92. The molecule has 0 heterocycles. The van der Waals surface area contributed by atoms with Gasteiger partial charge in [0.2, 0.25) is 10.0 Å². The minimum atomic E-state index is -3.67. The van der Waals surface area contributed by atoms with Crippen LogP contribution >= 0.6 is 12.2 Å². The largest absolute Gasteiger partial charge is 0.362 e. The van der Waals surface area contributed by atoms with Gasteiger partial charge in [0.05, 0.1) is 10.9 Å². The molecule has 2 aromatic rings. The highest BCUT2D eigenvalue weighted by atomic mass is 32.2. The summed E-state index contributed by atoms with van der Waals surface area (Å²) in [4.78, 5) is 2.06. The van der Waals surface area contributed by atoms with Gasteiger partial charge in [-0.1, -0.05) is 42.5 Å². The van der Waals surface area contributed by atoms with Crippen molar-refractivity contribution in [1.82, 2.24) is 10.2 Å². The Kier molecular flexibility index (Phi) is 6.52. The monoisotopic (exact) mass is 377 g/mol. The van der Waals surface area contributed by atoms with Crippen molar-refractivity contribution in [2.75, 3.05) is 13.6 Å². The van der Waals surface area contributed by atoms with E-state index in [1.54, 1.807) is 12.1 Å². The Morgan fingerprint density at radius 2 is 1.76 bits per heavy atom. The molecule has 25 heavy (non-hydrogen) atoms. The van der Waals surface area contributed by atoms with Crippen LogP contribution in [0.3, 0.4) is 0 Å². The molecular weight excluding hydrogens is 354 g/mol. The summed E-state index contributed by atoms with van der Waals surface area (Å²) >= 11 is 5.45. The van der Waals surface area contributed by atoms with Crippen molar-refractivity contribution in [2.45, 2.75) is 24.3 Å². The SMILES string of the molecule is C[C@@H](c1ccc(S(N)(=O)=O)cc1)N(C)C(=S)NCCc1ccccc1. The van der Waals surface area contributed by atoms with Crippen LogP contribution in [0.25, 0.3) is 0 Å². The summed E-state index contributed by atoms with van der Waals surface area (Å²) in [5.74, 6) is 0. The molecule has 3 N–H and O–H groups in total. The van der Waals surface area contributed by atoms with Gasteiger partial charge < -0.3 is 10.2 Å². The average Bonchev–Trinajstić information content (AvgIpc) is 2.60. The summed E-state index contributed by atoms with van der Waals surface area (Å²) in [5, 5.41) is 9.04. The minimum Gasteiger partial charge on any atom is -0.362 e. The minimum absolute atomic E-state index is 0.00579. The second kappa shape index (κ2) is 8.42. The number of nitrogens with zero attached hydrogens (tertiary/aromatic N) is 1. The van der Waals surface area contributed by atoms with Gasteiger partial charge in [-0.15, -0.1) is 0 Å².